The topological polar surface area (TPSA) is 30.5 Å². The molecule has 0 spiro atoms. The van der Waals surface area contributed by atoms with Gasteiger partial charge >= 0.3 is 0 Å². The van der Waals surface area contributed by atoms with E-state index in [0.29, 0.717) is 6.61 Å². The molecule has 0 aliphatic carbocycles. The summed E-state index contributed by atoms with van der Waals surface area (Å²) in [5.41, 5.74) is 1.09. The lowest BCUT2D eigenvalue weighted by atomic mass is 10.2. The van der Waals surface area contributed by atoms with Gasteiger partial charge in [-0.2, -0.15) is 0 Å². The molecule has 102 valence electrons. The third kappa shape index (κ3) is 3.72. The number of benzene rings is 1. The number of hydrogen-bond acceptors (Lipinski definition) is 4. The van der Waals surface area contributed by atoms with Gasteiger partial charge in [-0.25, -0.2) is 0 Å². The average Bonchev–Trinajstić information content (AvgIpc) is 2.83. The van der Waals surface area contributed by atoms with E-state index in [4.69, 9.17) is 9.47 Å². The first kappa shape index (κ1) is 14.4. The highest BCUT2D eigenvalue weighted by Crippen LogP contribution is 2.28. The Morgan fingerprint density at radius 2 is 2.16 bits per heavy atom. The average molecular weight is 342 g/mol. The molecule has 0 atom stereocenters. The first-order valence-corrected chi connectivity index (χ1v) is 7.58. The second-order valence-corrected chi connectivity index (χ2v) is 5.84. The van der Waals surface area contributed by atoms with Gasteiger partial charge in [0.1, 0.15) is 18.1 Å². The maximum atomic E-state index is 5.90. The molecule has 1 aromatic heterocycles. The minimum Gasteiger partial charge on any atom is -0.497 e. The highest BCUT2D eigenvalue weighted by molar-refractivity contribution is 9.10. The molecule has 2 aromatic rings. The van der Waals surface area contributed by atoms with Crippen LogP contribution in [0.2, 0.25) is 0 Å². The van der Waals surface area contributed by atoms with E-state index in [-0.39, 0.29) is 0 Å². The smallest absolute Gasteiger partial charge is 0.124 e. The van der Waals surface area contributed by atoms with Crippen molar-refractivity contribution in [3.05, 3.63) is 44.6 Å². The first-order chi connectivity index (χ1) is 9.24. The number of ether oxygens (including phenoxy) is 2. The van der Waals surface area contributed by atoms with Gasteiger partial charge in [0.2, 0.25) is 0 Å². The van der Waals surface area contributed by atoms with Gasteiger partial charge in [0.15, 0.2) is 0 Å². The van der Waals surface area contributed by atoms with Gasteiger partial charge in [-0.05, 0) is 52.6 Å². The molecule has 1 N–H and O–H groups in total. The summed E-state index contributed by atoms with van der Waals surface area (Å²) in [6.07, 6.45) is 0. The molecule has 0 saturated carbocycles. The minimum atomic E-state index is 0.571. The fourth-order valence-electron chi connectivity index (χ4n) is 1.72. The van der Waals surface area contributed by atoms with Gasteiger partial charge in [-0.15, -0.1) is 11.3 Å². The Kier molecular flexibility index (Phi) is 5.24. The van der Waals surface area contributed by atoms with Crippen LogP contribution >= 0.6 is 27.3 Å². The zero-order valence-corrected chi connectivity index (χ0v) is 13.3. The van der Waals surface area contributed by atoms with Crippen LogP contribution in [0.25, 0.3) is 0 Å². The largest absolute Gasteiger partial charge is 0.497 e. The van der Waals surface area contributed by atoms with Crippen molar-refractivity contribution in [1.29, 1.82) is 0 Å². The van der Waals surface area contributed by atoms with Crippen molar-refractivity contribution < 1.29 is 9.47 Å². The van der Waals surface area contributed by atoms with E-state index in [9.17, 15) is 0 Å². The van der Waals surface area contributed by atoms with E-state index in [1.807, 2.05) is 36.7 Å². The van der Waals surface area contributed by atoms with Crippen LogP contribution in [-0.4, -0.2) is 14.2 Å². The molecule has 0 unspecified atom stereocenters. The Labute approximate surface area is 125 Å². The van der Waals surface area contributed by atoms with Crippen molar-refractivity contribution in [3.8, 4) is 11.5 Å². The van der Waals surface area contributed by atoms with Gasteiger partial charge in [0, 0.05) is 16.6 Å². The fourth-order valence-corrected chi connectivity index (χ4v) is 3.10. The Hall–Kier alpha value is -1.04. The summed E-state index contributed by atoms with van der Waals surface area (Å²) in [7, 11) is 3.58. The van der Waals surface area contributed by atoms with E-state index in [2.05, 4.69) is 21.2 Å². The van der Waals surface area contributed by atoms with E-state index in [1.165, 1.54) is 4.88 Å². The first-order valence-electron chi connectivity index (χ1n) is 5.90. The van der Waals surface area contributed by atoms with Crippen molar-refractivity contribution in [2.24, 2.45) is 0 Å². The summed E-state index contributed by atoms with van der Waals surface area (Å²) in [5.74, 6) is 1.73. The third-order valence-corrected chi connectivity index (χ3v) is 4.58. The van der Waals surface area contributed by atoms with Gasteiger partial charge in [0.25, 0.3) is 0 Å². The van der Waals surface area contributed by atoms with Gasteiger partial charge in [-0.3, -0.25) is 0 Å². The monoisotopic (exact) mass is 341 g/mol. The van der Waals surface area contributed by atoms with Crippen LogP contribution in [0, 0.1) is 0 Å². The Morgan fingerprint density at radius 1 is 1.32 bits per heavy atom. The highest BCUT2D eigenvalue weighted by atomic mass is 79.9. The predicted octanol–water partition coefficient (Wildman–Crippen LogP) is 3.82. The molecule has 0 aliphatic rings. The number of nitrogens with one attached hydrogen (secondary N) is 1. The van der Waals surface area contributed by atoms with Gasteiger partial charge < -0.3 is 14.8 Å². The molecule has 0 amide bonds. The lowest BCUT2D eigenvalue weighted by Gasteiger charge is -2.12. The maximum Gasteiger partial charge on any atom is 0.124 e. The molecule has 1 heterocycles. The predicted molar refractivity (Wildman–Crippen MR) is 82.1 cm³/mol. The van der Waals surface area contributed by atoms with Crippen LogP contribution in [0.3, 0.4) is 0 Å². The second kappa shape index (κ2) is 6.93. The summed E-state index contributed by atoms with van der Waals surface area (Å²) < 4.78 is 12.2. The molecule has 19 heavy (non-hydrogen) atoms. The summed E-state index contributed by atoms with van der Waals surface area (Å²) in [5, 5.41) is 5.18. The Morgan fingerprint density at radius 3 is 2.79 bits per heavy atom. The minimum absolute atomic E-state index is 0.571. The van der Waals surface area contributed by atoms with Crippen LogP contribution < -0.4 is 14.8 Å². The molecular weight excluding hydrogens is 326 g/mol. The van der Waals surface area contributed by atoms with E-state index >= 15 is 0 Å². The number of halogens is 1. The zero-order valence-electron chi connectivity index (χ0n) is 10.9. The van der Waals surface area contributed by atoms with Crippen LogP contribution in [0.4, 0.5) is 0 Å². The number of hydrogen-bond donors (Lipinski definition) is 1. The highest BCUT2D eigenvalue weighted by Gasteiger charge is 2.07. The molecule has 5 heteroatoms. The Bertz CT molecular complexity index is 542. The Balaban J connectivity index is 2.12. The molecule has 0 bridgehead atoms. The zero-order chi connectivity index (χ0) is 13.7. The lowest BCUT2D eigenvalue weighted by molar-refractivity contribution is 0.304. The van der Waals surface area contributed by atoms with Crippen LogP contribution in [0.15, 0.2) is 34.1 Å². The molecule has 0 saturated heterocycles. The third-order valence-electron chi connectivity index (χ3n) is 2.68. The van der Waals surface area contributed by atoms with Crippen LogP contribution in [-0.2, 0) is 13.2 Å². The molecular formula is C14H16BrNO2S. The summed E-state index contributed by atoms with van der Waals surface area (Å²) in [6.45, 7) is 1.32. The maximum absolute atomic E-state index is 5.90. The van der Waals surface area contributed by atoms with Crippen molar-refractivity contribution in [3.63, 3.8) is 0 Å². The van der Waals surface area contributed by atoms with Gasteiger partial charge in [-0.1, -0.05) is 0 Å². The molecule has 1 aromatic carbocycles. The summed E-state index contributed by atoms with van der Waals surface area (Å²) >= 11 is 5.19. The second-order valence-electron chi connectivity index (χ2n) is 3.98. The number of methoxy groups -OCH3 is 1. The number of rotatable bonds is 6. The van der Waals surface area contributed by atoms with Crippen LogP contribution in [0.1, 0.15) is 10.4 Å². The van der Waals surface area contributed by atoms with Crippen molar-refractivity contribution in [2.45, 2.75) is 13.2 Å². The van der Waals surface area contributed by atoms with E-state index < -0.39 is 0 Å². The van der Waals surface area contributed by atoms with Crippen molar-refractivity contribution in [1.82, 2.24) is 5.32 Å². The quantitative estimate of drug-likeness (QED) is 0.866. The molecule has 0 radical (unpaired) electrons. The molecule has 2 rings (SSSR count). The molecule has 0 aliphatic heterocycles. The van der Waals surface area contributed by atoms with E-state index in [0.717, 1.165) is 28.1 Å². The van der Waals surface area contributed by atoms with Crippen molar-refractivity contribution in [2.75, 3.05) is 14.2 Å². The molecule has 3 nitrogen and oxygen atoms in total. The lowest BCUT2D eigenvalue weighted by Crippen LogP contribution is -2.07. The molecule has 0 fully saturated rings. The van der Waals surface area contributed by atoms with Gasteiger partial charge in [0.05, 0.1) is 12.0 Å². The van der Waals surface area contributed by atoms with E-state index in [1.54, 1.807) is 18.4 Å². The summed E-state index contributed by atoms with van der Waals surface area (Å²) in [6, 6.07) is 7.90. The number of thiophene rings is 1. The normalized spacial score (nSPS) is 10.5. The van der Waals surface area contributed by atoms with Crippen molar-refractivity contribution >= 4 is 27.3 Å². The fraction of sp³-hybridized carbons (Fsp3) is 0.286. The summed E-state index contributed by atoms with van der Waals surface area (Å²) in [4.78, 5) is 1.19. The SMILES string of the molecule is CNCc1cc(OC)ccc1OCc1sccc1Br. The standard InChI is InChI=1S/C14H16BrNO2S/c1-16-8-10-7-11(17-2)3-4-13(10)18-9-14-12(15)5-6-19-14/h3-7,16H,8-9H2,1-2H3. The van der Waals surface area contributed by atoms with Crippen LogP contribution in [0.5, 0.6) is 11.5 Å².